The Morgan fingerprint density at radius 2 is 2.45 bits per heavy atom. The van der Waals surface area contributed by atoms with Crippen LogP contribution in [-0.2, 0) is 0 Å². The van der Waals surface area contributed by atoms with Gasteiger partial charge in [0.1, 0.15) is 17.6 Å². The highest BCUT2D eigenvalue weighted by atomic mass is 16.6. The summed E-state index contributed by atoms with van der Waals surface area (Å²) in [5.41, 5.74) is -0.501. The van der Waals surface area contributed by atoms with E-state index in [0.717, 1.165) is 31.8 Å². The average molecular weight is 280 g/mol. The molecule has 20 heavy (non-hydrogen) atoms. The highest BCUT2D eigenvalue weighted by Gasteiger charge is 2.21. The van der Waals surface area contributed by atoms with E-state index in [4.69, 9.17) is 5.11 Å². The molecule has 1 aromatic heterocycles. The Bertz CT molecular complexity index is 534. The zero-order chi connectivity index (χ0) is 14.7. The van der Waals surface area contributed by atoms with Crippen LogP contribution in [-0.4, -0.2) is 52.6 Å². The average Bonchev–Trinajstić information content (AvgIpc) is 2.81. The first-order chi connectivity index (χ1) is 9.47. The van der Waals surface area contributed by atoms with Gasteiger partial charge in [0.15, 0.2) is 0 Å². The van der Waals surface area contributed by atoms with Crippen molar-refractivity contribution in [3.63, 3.8) is 0 Å². The number of hydrogen-bond acceptors (Lipinski definition) is 6. The van der Waals surface area contributed by atoms with Crippen LogP contribution in [0.1, 0.15) is 16.8 Å². The molecule has 1 fully saturated rings. The zero-order valence-electron chi connectivity index (χ0n) is 11.1. The molecule has 1 atom stereocenters. The van der Waals surface area contributed by atoms with Gasteiger partial charge < -0.3 is 15.3 Å². The van der Waals surface area contributed by atoms with E-state index in [1.807, 2.05) is 7.05 Å². The SMILES string of the molecule is CN1CCC(CNc2ncc([N+](=O)[O-])cc2C(=O)O)C1. The largest absolute Gasteiger partial charge is 0.478 e. The first-order valence-corrected chi connectivity index (χ1v) is 6.27. The second-order valence-electron chi connectivity index (χ2n) is 4.95. The van der Waals surface area contributed by atoms with Gasteiger partial charge in [0.05, 0.1) is 4.92 Å². The van der Waals surface area contributed by atoms with Crippen LogP contribution < -0.4 is 5.32 Å². The molecular formula is C12H16N4O4. The van der Waals surface area contributed by atoms with Crippen LogP contribution in [0.5, 0.6) is 0 Å². The summed E-state index contributed by atoms with van der Waals surface area (Å²) in [5.74, 6) is -0.622. The molecule has 0 bridgehead atoms. The van der Waals surface area contributed by atoms with Crippen molar-refractivity contribution in [3.8, 4) is 0 Å². The predicted octanol–water partition coefficient (Wildman–Crippen LogP) is 1.05. The molecule has 1 unspecified atom stereocenters. The lowest BCUT2D eigenvalue weighted by Gasteiger charge is -2.13. The van der Waals surface area contributed by atoms with E-state index in [2.05, 4.69) is 15.2 Å². The third-order valence-corrected chi connectivity index (χ3v) is 3.36. The highest BCUT2D eigenvalue weighted by molar-refractivity contribution is 5.93. The van der Waals surface area contributed by atoms with E-state index in [9.17, 15) is 14.9 Å². The van der Waals surface area contributed by atoms with E-state index in [1.54, 1.807) is 0 Å². The van der Waals surface area contributed by atoms with Gasteiger partial charge in [0, 0.05) is 19.2 Å². The molecule has 2 heterocycles. The van der Waals surface area contributed by atoms with Gasteiger partial charge in [0.25, 0.3) is 5.69 Å². The van der Waals surface area contributed by atoms with Crippen molar-refractivity contribution in [2.45, 2.75) is 6.42 Å². The third-order valence-electron chi connectivity index (χ3n) is 3.36. The number of aromatic nitrogens is 1. The molecular weight excluding hydrogens is 264 g/mol. The van der Waals surface area contributed by atoms with Crippen molar-refractivity contribution in [2.24, 2.45) is 5.92 Å². The van der Waals surface area contributed by atoms with Crippen LogP contribution in [0.15, 0.2) is 12.3 Å². The molecule has 1 aliphatic heterocycles. The molecule has 0 aliphatic carbocycles. The molecule has 8 nitrogen and oxygen atoms in total. The van der Waals surface area contributed by atoms with Crippen LogP contribution in [0.2, 0.25) is 0 Å². The second kappa shape index (κ2) is 5.83. The van der Waals surface area contributed by atoms with Gasteiger partial charge in [-0.15, -0.1) is 0 Å². The Morgan fingerprint density at radius 3 is 3.00 bits per heavy atom. The summed E-state index contributed by atoms with van der Waals surface area (Å²) in [6.07, 6.45) is 2.11. The maximum Gasteiger partial charge on any atom is 0.339 e. The molecule has 0 aromatic carbocycles. The summed E-state index contributed by atoms with van der Waals surface area (Å²) in [7, 11) is 2.03. The highest BCUT2D eigenvalue weighted by Crippen LogP contribution is 2.21. The minimum Gasteiger partial charge on any atom is -0.478 e. The van der Waals surface area contributed by atoms with Crippen LogP contribution >= 0.6 is 0 Å². The number of hydrogen-bond donors (Lipinski definition) is 2. The van der Waals surface area contributed by atoms with Crippen molar-refractivity contribution in [1.82, 2.24) is 9.88 Å². The molecule has 1 aromatic rings. The number of rotatable bonds is 5. The number of nitro groups is 1. The molecule has 2 rings (SSSR count). The lowest BCUT2D eigenvalue weighted by Crippen LogP contribution is -2.20. The van der Waals surface area contributed by atoms with Crippen molar-refractivity contribution < 1.29 is 14.8 Å². The van der Waals surface area contributed by atoms with Gasteiger partial charge in [-0.2, -0.15) is 0 Å². The molecule has 0 spiro atoms. The number of nitrogens with zero attached hydrogens (tertiary/aromatic N) is 3. The standard InChI is InChI=1S/C12H16N4O4/c1-15-3-2-8(7-15)5-13-11-10(12(17)18)4-9(6-14-11)16(19)20/h4,6,8H,2-3,5,7H2,1H3,(H,13,14)(H,17,18). The smallest absolute Gasteiger partial charge is 0.339 e. The molecule has 0 amide bonds. The fourth-order valence-corrected chi connectivity index (χ4v) is 2.29. The molecule has 1 aliphatic rings. The number of pyridine rings is 1. The minimum atomic E-state index is -1.23. The maximum atomic E-state index is 11.1. The number of carboxylic acids is 1. The van der Waals surface area contributed by atoms with Crippen LogP contribution in [0.25, 0.3) is 0 Å². The van der Waals surface area contributed by atoms with Gasteiger partial charge in [-0.1, -0.05) is 0 Å². The Labute approximate surface area is 115 Å². The van der Waals surface area contributed by atoms with Crippen molar-refractivity contribution in [2.75, 3.05) is 32.0 Å². The van der Waals surface area contributed by atoms with Crippen molar-refractivity contribution in [1.29, 1.82) is 0 Å². The lowest BCUT2D eigenvalue weighted by molar-refractivity contribution is -0.385. The molecule has 108 valence electrons. The first kappa shape index (κ1) is 14.2. The molecule has 8 heteroatoms. The summed E-state index contributed by atoms with van der Waals surface area (Å²) in [6.45, 7) is 2.57. The number of carboxylic acid groups (broad SMARTS) is 1. The topological polar surface area (TPSA) is 109 Å². The van der Waals surface area contributed by atoms with Gasteiger partial charge in [-0.3, -0.25) is 10.1 Å². The van der Waals surface area contributed by atoms with E-state index < -0.39 is 10.9 Å². The fourth-order valence-electron chi connectivity index (χ4n) is 2.29. The molecule has 0 radical (unpaired) electrons. The molecule has 1 saturated heterocycles. The number of nitrogens with one attached hydrogen (secondary N) is 1. The summed E-state index contributed by atoms with van der Waals surface area (Å²) in [6, 6.07) is 1.03. The maximum absolute atomic E-state index is 11.1. The van der Waals surface area contributed by atoms with Crippen LogP contribution in [0, 0.1) is 16.0 Å². The van der Waals surface area contributed by atoms with Gasteiger partial charge in [-0.25, -0.2) is 9.78 Å². The van der Waals surface area contributed by atoms with Crippen LogP contribution in [0.3, 0.4) is 0 Å². The van der Waals surface area contributed by atoms with Gasteiger partial charge in [-0.05, 0) is 25.9 Å². The molecule has 2 N–H and O–H groups in total. The number of carbonyl (C=O) groups is 1. The number of aromatic carboxylic acids is 1. The Morgan fingerprint density at radius 1 is 1.70 bits per heavy atom. The Kier molecular flexibility index (Phi) is 4.14. The zero-order valence-corrected chi connectivity index (χ0v) is 11.1. The lowest BCUT2D eigenvalue weighted by atomic mass is 10.1. The van der Waals surface area contributed by atoms with E-state index in [0.29, 0.717) is 12.5 Å². The first-order valence-electron chi connectivity index (χ1n) is 6.27. The van der Waals surface area contributed by atoms with E-state index in [-0.39, 0.29) is 17.1 Å². The summed E-state index contributed by atoms with van der Waals surface area (Å²) < 4.78 is 0. The van der Waals surface area contributed by atoms with E-state index in [1.165, 1.54) is 0 Å². The van der Waals surface area contributed by atoms with Gasteiger partial charge in [0.2, 0.25) is 0 Å². The van der Waals surface area contributed by atoms with Crippen molar-refractivity contribution >= 4 is 17.5 Å². The van der Waals surface area contributed by atoms with Gasteiger partial charge >= 0.3 is 5.97 Å². The quantitative estimate of drug-likeness (QED) is 0.613. The predicted molar refractivity (Wildman–Crippen MR) is 71.9 cm³/mol. The normalized spacial score (nSPS) is 18.9. The van der Waals surface area contributed by atoms with Crippen molar-refractivity contribution in [3.05, 3.63) is 27.9 Å². The Balaban J connectivity index is 2.10. The van der Waals surface area contributed by atoms with E-state index >= 15 is 0 Å². The number of likely N-dealkylation sites (tertiary alicyclic amines) is 1. The third kappa shape index (κ3) is 3.21. The second-order valence-corrected chi connectivity index (χ2v) is 4.95. The summed E-state index contributed by atoms with van der Waals surface area (Å²) >= 11 is 0. The monoisotopic (exact) mass is 280 g/mol. The van der Waals surface area contributed by atoms with Crippen LogP contribution in [0.4, 0.5) is 11.5 Å². The molecule has 0 saturated carbocycles. The summed E-state index contributed by atoms with van der Waals surface area (Å²) in [4.78, 5) is 27.2. The fraction of sp³-hybridized carbons (Fsp3) is 0.500. The summed E-state index contributed by atoms with van der Waals surface area (Å²) in [5, 5.41) is 22.7. The number of anilines is 1. The minimum absolute atomic E-state index is 0.175. The Hall–Kier alpha value is -2.22.